The van der Waals surface area contributed by atoms with Crippen LogP contribution in [-0.4, -0.2) is 42.7 Å². The first-order valence-corrected chi connectivity index (χ1v) is 12.1. The van der Waals surface area contributed by atoms with Gasteiger partial charge in [0.1, 0.15) is 17.6 Å². The highest BCUT2D eigenvalue weighted by Crippen LogP contribution is 2.35. The summed E-state index contributed by atoms with van der Waals surface area (Å²) in [6, 6.07) is 9.76. The fourth-order valence-corrected chi connectivity index (χ4v) is 5.09. The van der Waals surface area contributed by atoms with Gasteiger partial charge in [0.05, 0.1) is 7.11 Å². The molecular formula is C28H33FN2O4. The van der Waals surface area contributed by atoms with Crippen molar-refractivity contribution in [1.82, 2.24) is 10.2 Å². The molecule has 0 aromatic heterocycles. The molecule has 186 valence electrons. The number of fused-ring (bicyclic) bond motifs is 1. The van der Waals surface area contributed by atoms with Crippen LogP contribution in [0.1, 0.15) is 61.9 Å². The van der Waals surface area contributed by atoms with E-state index in [4.69, 9.17) is 4.74 Å². The number of benzene rings is 2. The molecule has 1 saturated heterocycles. The second-order valence-electron chi connectivity index (χ2n) is 10.6. The monoisotopic (exact) mass is 480 g/mol. The lowest BCUT2D eigenvalue weighted by Crippen LogP contribution is -2.44. The molecule has 6 nitrogen and oxygen atoms in total. The second-order valence-corrected chi connectivity index (χ2v) is 10.6. The van der Waals surface area contributed by atoms with Crippen LogP contribution in [0.4, 0.5) is 4.39 Å². The summed E-state index contributed by atoms with van der Waals surface area (Å²) in [5.41, 5.74) is 2.59. The second kappa shape index (κ2) is 9.80. The summed E-state index contributed by atoms with van der Waals surface area (Å²) < 4.78 is 20.2. The molecule has 2 amide bonds. The zero-order valence-electron chi connectivity index (χ0n) is 20.8. The minimum Gasteiger partial charge on any atom is -0.497 e. The molecule has 0 bridgehead atoms. The number of halogens is 1. The molecule has 0 saturated carbocycles. The Hall–Kier alpha value is -3.22. The predicted octanol–water partition coefficient (Wildman–Crippen LogP) is 3.90. The number of hydrogen-bond acceptors (Lipinski definition) is 4. The van der Waals surface area contributed by atoms with Crippen LogP contribution in [0.15, 0.2) is 36.4 Å². The smallest absolute Gasteiger partial charge is 0.223 e. The zero-order valence-corrected chi connectivity index (χ0v) is 20.8. The normalized spacial score (nSPS) is 19.8. The van der Waals surface area contributed by atoms with Crippen molar-refractivity contribution in [3.63, 3.8) is 0 Å². The fraction of sp³-hybridized carbons (Fsp3) is 0.464. The molecule has 7 heteroatoms. The lowest BCUT2D eigenvalue weighted by atomic mass is 9.84. The van der Waals surface area contributed by atoms with Gasteiger partial charge in [-0.05, 0) is 58.2 Å². The van der Waals surface area contributed by atoms with Gasteiger partial charge in [0.15, 0.2) is 5.78 Å². The minimum absolute atomic E-state index is 0.0186. The Labute approximate surface area is 205 Å². The Balaban J connectivity index is 1.62. The van der Waals surface area contributed by atoms with Crippen LogP contribution >= 0.6 is 0 Å². The first-order valence-electron chi connectivity index (χ1n) is 12.1. The molecule has 2 aromatic rings. The van der Waals surface area contributed by atoms with Crippen molar-refractivity contribution < 1.29 is 23.5 Å². The van der Waals surface area contributed by atoms with E-state index in [2.05, 4.69) is 5.32 Å². The third kappa shape index (κ3) is 5.39. The maximum absolute atomic E-state index is 14.8. The van der Waals surface area contributed by atoms with Crippen molar-refractivity contribution >= 4 is 17.6 Å². The van der Waals surface area contributed by atoms with Gasteiger partial charge in [-0.25, -0.2) is 4.39 Å². The summed E-state index contributed by atoms with van der Waals surface area (Å²) in [5, 5.41) is 2.77. The number of methoxy groups -OCH3 is 1. The maximum Gasteiger partial charge on any atom is 0.223 e. The van der Waals surface area contributed by atoms with Crippen LogP contribution in [0.3, 0.4) is 0 Å². The van der Waals surface area contributed by atoms with E-state index in [1.165, 1.54) is 6.07 Å². The molecule has 2 heterocycles. The van der Waals surface area contributed by atoms with Gasteiger partial charge in [0.25, 0.3) is 0 Å². The number of amides is 2. The Morgan fingerprint density at radius 3 is 2.57 bits per heavy atom. The third-order valence-electron chi connectivity index (χ3n) is 6.95. The standard InChI is InChI=1S/C28H33FN2O4/c1-28(2,3)22-8-5-17(11-23(22)29)12-24(32)27-21-7-6-20(35-4)15-19(21)9-10-31(27)26(34)14-18-13-25(33)30-16-18/h5-8,11,15,18,27H,9-10,12-14,16H2,1-4H3,(H,30,33)/t18?,27-/m1/s1. The molecule has 2 aliphatic heterocycles. The number of ketones is 1. The van der Waals surface area contributed by atoms with E-state index in [0.29, 0.717) is 42.8 Å². The van der Waals surface area contributed by atoms with Crippen LogP contribution in [0, 0.1) is 11.7 Å². The molecule has 1 fully saturated rings. The molecule has 1 N–H and O–H groups in total. The topological polar surface area (TPSA) is 75.7 Å². The highest BCUT2D eigenvalue weighted by atomic mass is 19.1. The number of ether oxygens (including phenoxy) is 1. The van der Waals surface area contributed by atoms with Crippen LogP contribution in [0.2, 0.25) is 0 Å². The molecule has 2 aromatic carbocycles. The summed E-state index contributed by atoms with van der Waals surface area (Å²) in [4.78, 5) is 40.2. The summed E-state index contributed by atoms with van der Waals surface area (Å²) in [6.07, 6.45) is 1.16. The van der Waals surface area contributed by atoms with E-state index >= 15 is 0 Å². The van der Waals surface area contributed by atoms with Crippen molar-refractivity contribution in [3.8, 4) is 5.75 Å². The van der Waals surface area contributed by atoms with E-state index in [-0.39, 0.29) is 47.6 Å². The SMILES string of the molecule is COc1ccc2c(c1)CCN(C(=O)CC1CNC(=O)C1)[C@H]2C(=O)Cc1ccc(C(C)(C)C)c(F)c1. The van der Waals surface area contributed by atoms with Crippen molar-refractivity contribution in [2.24, 2.45) is 5.92 Å². The summed E-state index contributed by atoms with van der Waals surface area (Å²) in [6.45, 7) is 6.71. The van der Waals surface area contributed by atoms with Crippen LogP contribution in [-0.2, 0) is 32.6 Å². The number of nitrogens with zero attached hydrogens (tertiary/aromatic N) is 1. The average molecular weight is 481 g/mol. The summed E-state index contributed by atoms with van der Waals surface area (Å²) in [5.74, 6) is -0.0455. The molecule has 2 atom stereocenters. The Morgan fingerprint density at radius 2 is 1.94 bits per heavy atom. The largest absolute Gasteiger partial charge is 0.497 e. The van der Waals surface area contributed by atoms with Gasteiger partial charge >= 0.3 is 0 Å². The lowest BCUT2D eigenvalue weighted by molar-refractivity contribution is -0.141. The summed E-state index contributed by atoms with van der Waals surface area (Å²) in [7, 11) is 1.59. The highest BCUT2D eigenvalue weighted by Gasteiger charge is 2.37. The molecule has 0 aliphatic carbocycles. The number of carbonyl (C=O) groups is 3. The van der Waals surface area contributed by atoms with E-state index in [9.17, 15) is 18.8 Å². The van der Waals surface area contributed by atoms with Crippen LogP contribution < -0.4 is 10.1 Å². The van der Waals surface area contributed by atoms with Crippen LogP contribution in [0.5, 0.6) is 5.75 Å². The molecule has 0 spiro atoms. The van der Waals surface area contributed by atoms with E-state index in [1.54, 1.807) is 30.2 Å². The number of rotatable bonds is 6. The number of hydrogen-bond donors (Lipinski definition) is 1. The fourth-order valence-electron chi connectivity index (χ4n) is 5.09. The van der Waals surface area contributed by atoms with E-state index < -0.39 is 6.04 Å². The molecule has 0 radical (unpaired) electrons. The van der Waals surface area contributed by atoms with Crippen molar-refractivity contribution in [1.29, 1.82) is 0 Å². The van der Waals surface area contributed by atoms with Gasteiger partial charge in [-0.1, -0.05) is 39.0 Å². The van der Waals surface area contributed by atoms with Crippen LogP contribution in [0.25, 0.3) is 0 Å². The van der Waals surface area contributed by atoms with Crippen molar-refractivity contribution in [3.05, 3.63) is 64.5 Å². The predicted molar refractivity (Wildman–Crippen MR) is 131 cm³/mol. The van der Waals surface area contributed by atoms with Crippen molar-refractivity contribution in [2.75, 3.05) is 20.2 Å². The highest BCUT2D eigenvalue weighted by molar-refractivity contribution is 5.92. The number of carbonyl (C=O) groups excluding carboxylic acids is 3. The minimum atomic E-state index is -0.757. The first-order chi connectivity index (χ1) is 16.6. The van der Waals surface area contributed by atoms with Gasteiger partial charge in [0, 0.05) is 32.4 Å². The Morgan fingerprint density at radius 1 is 1.17 bits per heavy atom. The molecular weight excluding hydrogens is 447 g/mol. The molecule has 35 heavy (non-hydrogen) atoms. The maximum atomic E-state index is 14.8. The van der Waals surface area contributed by atoms with Gasteiger partial charge < -0.3 is 15.0 Å². The van der Waals surface area contributed by atoms with Gasteiger partial charge in [-0.15, -0.1) is 0 Å². The Bertz CT molecular complexity index is 1150. The third-order valence-corrected chi connectivity index (χ3v) is 6.95. The number of Topliss-reactive ketones (excluding diaryl/α,β-unsaturated/α-hetero) is 1. The van der Waals surface area contributed by atoms with E-state index in [1.807, 2.05) is 32.9 Å². The van der Waals surface area contributed by atoms with Gasteiger partial charge in [-0.2, -0.15) is 0 Å². The first kappa shape index (κ1) is 24.9. The van der Waals surface area contributed by atoms with Gasteiger partial charge in [0.2, 0.25) is 11.8 Å². The average Bonchev–Trinajstić information content (AvgIpc) is 3.21. The zero-order chi connectivity index (χ0) is 25.3. The quantitative estimate of drug-likeness (QED) is 0.681. The van der Waals surface area contributed by atoms with Gasteiger partial charge in [-0.3, -0.25) is 14.4 Å². The molecule has 4 rings (SSSR count). The molecule has 2 aliphatic rings. The Kier molecular flexibility index (Phi) is 6.97. The summed E-state index contributed by atoms with van der Waals surface area (Å²) >= 11 is 0. The van der Waals surface area contributed by atoms with Crippen molar-refractivity contribution in [2.45, 2.75) is 57.9 Å². The van der Waals surface area contributed by atoms with E-state index in [0.717, 1.165) is 11.1 Å². The molecule has 1 unspecified atom stereocenters. The number of nitrogens with one attached hydrogen (secondary N) is 1. The lowest BCUT2D eigenvalue weighted by Gasteiger charge is -2.37.